The molecule has 7 heteroatoms. The number of aromatic hydroxyl groups is 1. The van der Waals surface area contributed by atoms with E-state index in [4.69, 9.17) is 16.7 Å². The normalized spacial score (nSPS) is 16.9. The van der Waals surface area contributed by atoms with Gasteiger partial charge in [-0.05, 0) is 38.9 Å². The van der Waals surface area contributed by atoms with Gasteiger partial charge in [0.15, 0.2) is 5.75 Å². The van der Waals surface area contributed by atoms with E-state index in [0.717, 1.165) is 37.3 Å². The van der Waals surface area contributed by atoms with E-state index in [1.165, 1.54) is 12.4 Å². The molecular weight excluding hydrogens is 344 g/mol. The van der Waals surface area contributed by atoms with Crippen molar-refractivity contribution in [1.82, 2.24) is 9.47 Å². The second kappa shape index (κ2) is 8.87. The summed E-state index contributed by atoms with van der Waals surface area (Å²) in [7, 11) is 2.05. The van der Waals surface area contributed by atoms with Gasteiger partial charge in [-0.2, -0.15) is 0 Å². The molecule has 1 aliphatic rings. The smallest absolute Gasteiger partial charge is 0.341 e. The van der Waals surface area contributed by atoms with E-state index in [-0.39, 0.29) is 6.04 Å². The average Bonchev–Trinajstić information content (AvgIpc) is 2.57. The molecule has 1 aliphatic carbocycles. The number of carboxylic acids is 1. The first kappa shape index (κ1) is 19.3. The van der Waals surface area contributed by atoms with Gasteiger partial charge < -0.3 is 14.8 Å². The number of hydrogen-bond acceptors (Lipinski definition) is 4. The molecule has 1 unspecified atom stereocenters. The Balaban J connectivity index is 1.78. The van der Waals surface area contributed by atoms with Gasteiger partial charge in [-0.1, -0.05) is 30.2 Å². The van der Waals surface area contributed by atoms with E-state index < -0.39 is 22.7 Å². The first-order chi connectivity index (χ1) is 11.9. The van der Waals surface area contributed by atoms with Crippen LogP contribution >= 0.6 is 11.6 Å². The van der Waals surface area contributed by atoms with Crippen LogP contribution in [0, 0.1) is 0 Å². The number of aromatic carboxylic acids is 1. The van der Waals surface area contributed by atoms with Crippen molar-refractivity contribution in [2.24, 2.45) is 0 Å². The molecule has 6 nitrogen and oxygen atoms in total. The molecule has 0 amide bonds. The minimum atomic E-state index is -1.33. The van der Waals surface area contributed by atoms with Crippen LogP contribution in [0.5, 0.6) is 5.75 Å². The predicted octanol–water partition coefficient (Wildman–Crippen LogP) is 2.81. The number of hydrogen-bond donors (Lipinski definition) is 2. The molecule has 0 saturated heterocycles. The first-order valence-corrected chi connectivity index (χ1v) is 8.66. The van der Waals surface area contributed by atoms with Crippen LogP contribution in [-0.4, -0.2) is 45.3 Å². The molecule has 1 heterocycles. The number of pyridine rings is 1. The lowest BCUT2D eigenvalue weighted by molar-refractivity contribution is 0.0693. The Bertz CT molecular complexity index is 739. The Morgan fingerprint density at radius 2 is 2.12 bits per heavy atom. The zero-order chi connectivity index (χ0) is 18.4. The lowest BCUT2D eigenvalue weighted by Crippen LogP contribution is -2.33. The van der Waals surface area contributed by atoms with Crippen LogP contribution in [0.1, 0.15) is 36.0 Å². The second-order valence-corrected chi connectivity index (χ2v) is 6.64. The highest BCUT2D eigenvalue weighted by atomic mass is 35.5. The summed E-state index contributed by atoms with van der Waals surface area (Å²) >= 11 is 6.23. The zero-order valence-corrected chi connectivity index (χ0v) is 14.9. The minimum Gasteiger partial charge on any atom is -0.503 e. The van der Waals surface area contributed by atoms with Crippen LogP contribution in [-0.2, 0) is 6.54 Å². The highest BCUT2D eigenvalue weighted by molar-refractivity contribution is 6.30. The van der Waals surface area contributed by atoms with Gasteiger partial charge in [-0.15, -0.1) is 0 Å². The van der Waals surface area contributed by atoms with Crippen molar-refractivity contribution in [3.05, 3.63) is 51.4 Å². The van der Waals surface area contributed by atoms with Gasteiger partial charge in [0.05, 0.1) is 0 Å². The summed E-state index contributed by atoms with van der Waals surface area (Å²) in [4.78, 5) is 24.8. The molecular formula is C18H23ClN2O4. The quantitative estimate of drug-likeness (QED) is 0.691. The predicted molar refractivity (Wildman–Crippen MR) is 97.3 cm³/mol. The molecule has 1 aromatic rings. The number of nitrogens with zero attached hydrogens (tertiary/aromatic N) is 2. The van der Waals surface area contributed by atoms with E-state index >= 15 is 0 Å². The maximum atomic E-state index is 11.5. The topological polar surface area (TPSA) is 82.8 Å². The molecule has 0 aliphatic heterocycles. The van der Waals surface area contributed by atoms with Crippen LogP contribution in [0.3, 0.4) is 0 Å². The summed E-state index contributed by atoms with van der Waals surface area (Å²) in [6.45, 7) is 1.46. The van der Waals surface area contributed by atoms with Crippen LogP contribution in [0.2, 0.25) is 0 Å². The third kappa shape index (κ3) is 5.21. The maximum Gasteiger partial charge on any atom is 0.341 e. The molecule has 0 saturated carbocycles. The number of likely N-dealkylation sites (N-methyl/N-ethyl adjacent to an activating group) is 1. The van der Waals surface area contributed by atoms with Crippen LogP contribution in [0.15, 0.2) is 40.4 Å². The molecule has 2 N–H and O–H groups in total. The molecule has 0 aromatic carbocycles. The number of allylic oxidation sites excluding steroid dienone is 2. The van der Waals surface area contributed by atoms with Crippen molar-refractivity contribution in [2.75, 3.05) is 13.6 Å². The van der Waals surface area contributed by atoms with Gasteiger partial charge in [-0.25, -0.2) is 4.79 Å². The van der Waals surface area contributed by atoms with Crippen LogP contribution in [0.4, 0.5) is 0 Å². The monoisotopic (exact) mass is 366 g/mol. The van der Waals surface area contributed by atoms with Crippen molar-refractivity contribution in [3.63, 3.8) is 0 Å². The van der Waals surface area contributed by atoms with Gasteiger partial charge in [0.2, 0.25) is 5.43 Å². The number of halogens is 1. The standard InChI is InChI=1S/C18H23ClN2O4/c1-20(15-8-4-3-7-14(15)19)9-5-2-6-10-21-11-13(18(24)25)17(23)16(22)12-21/h3-4,7,11-12,15,22H,2,5-6,8-10H2,1H3,(H,24,25). The number of unbranched alkanes of at least 4 members (excludes halogenated alkanes) is 2. The highest BCUT2D eigenvalue weighted by Crippen LogP contribution is 2.21. The van der Waals surface area contributed by atoms with Gasteiger partial charge in [-0.3, -0.25) is 9.69 Å². The van der Waals surface area contributed by atoms with E-state index in [2.05, 4.69) is 18.0 Å². The second-order valence-electron chi connectivity index (χ2n) is 6.20. The Labute approximate surface area is 151 Å². The molecule has 0 fully saturated rings. The molecule has 1 atom stereocenters. The highest BCUT2D eigenvalue weighted by Gasteiger charge is 2.18. The molecule has 136 valence electrons. The van der Waals surface area contributed by atoms with E-state index in [0.29, 0.717) is 6.54 Å². The molecule has 0 radical (unpaired) electrons. The zero-order valence-electron chi connectivity index (χ0n) is 14.2. The number of aryl methyl sites for hydroxylation is 1. The molecule has 25 heavy (non-hydrogen) atoms. The Hall–Kier alpha value is -2.05. The summed E-state index contributed by atoms with van der Waals surface area (Å²) in [5, 5.41) is 19.4. The fourth-order valence-electron chi connectivity index (χ4n) is 2.87. The van der Waals surface area contributed by atoms with Crippen molar-refractivity contribution < 1.29 is 15.0 Å². The van der Waals surface area contributed by atoms with Crippen LogP contribution < -0.4 is 5.43 Å². The van der Waals surface area contributed by atoms with E-state index in [1.807, 2.05) is 12.2 Å². The average molecular weight is 367 g/mol. The Morgan fingerprint density at radius 1 is 1.36 bits per heavy atom. The largest absolute Gasteiger partial charge is 0.503 e. The number of carbonyl (C=O) groups is 1. The molecule has 0 bridgehead atoms. The summed E-state index contributed by atoms with van der Waals surface area (Å²) in [6, 6.07) is 0.237. The molecule has 1 aromatic heterocycles. The fourth-order valence-corrected chi connectivity index (χ4v) is 3.20. The molecule has 0 spiro atoms. The van der Waals surface area contributed by atoms with Gasteiger partial charge in [0.1, 0.15) is 5.56 Å². The summed E-state index contributed by atoms with van der Waals surface area (Å²) < 4.78 is 1.55. The first-order valence-electron chi connectivity index (χ1n) is 8.29. The van der Waals surface area contributed by atoms with Crippen molar-refractivity contribution >= 4 is 17.6 Å². The Kier molecular flexibility index (Phi) is 6.84. The SMILES string of the molecule is CN(CCCCCn1cc(O)c(=O)c(C(=O)O)c1)C1CC=CC=C1Cl. The summed E-state index contributed by atoms with van der Waals surface area (Å²) in [5.41, 5.74) is -1.26. The minimum absolute atomic E-state index is 0.237. The lowest BCUT2D eigenvalue weighted by Gasteiger charge is -2.28. The van der Waals surface area contributed by atoms with E-state index in [9.17, 15) is 14.7 Å². The Morgan fingerprint density at radius 3 is 2.80 bits per heavy atom. The number of carboxylic acid groups (broad SMARTS) is 1. The molecule has 2 rings (SSSR count). The maximum absolute atomic E-state index is 11.5. The summed E-state index contributed by atoms with van der Waals surface area (Å²) in [6.07, 6.45) is 12.2. The number of rotatable bonds is 8. The van der Waals surface area contributed by atoms with Crippen molar-refractivity contribution in [2.45, 2.75) is 38.3 Å². The van der Waals surface area contributed by atoms with Gasteiger partial charge in [0.25, 0.3) is 0 Å². The van der Waals surface area contributed by atoms with Crippen molar-refractivity contribution in [1.29, 1.82) is 0 Å². The lowest BCUT2D eigenvalue weighted by atomic mass is 10.1. The van der Waals surface area contributed by atoms with E-state index in [1.54, 1.807) is 4.57 Å². The third-order valence-corrected chi connectivity index (χ3v) is 4.70. The van der Waals surface area contributed by atoms with Gasteiger partial charge in [0, 0.05) is 30.0 Å². The fraction of sp³-hybridized carbons (Fsp3) is 0.444. The third-order valence-electron chi connectivity index (χ3n) is 4.32. The van der Waals surface area contributed by atoms with Gasteiger partial charge >= 0.3 is 5.97 Å². The summed E-state index contributed by atoms with van der Waals surface area (Å²) in [5.74, 6) is -1.87. The van der Waals surface area contributed by atoms with Crippen LogP contribution in [0.25, 0.3) is 0 Å². The number of aromatic nitrogens is 1. The van der Waals surface area contributed by atoms with Crippen molar-refractivity contribution in [3.8, 4) is 5.75 Å².